The number of rotatable bonds is 4. The van der Waals surface area contributed by atoms with Crippen molar-refractivity contribution in [2.24, 2.45) is 0 Å². The first-order chi connectivity index (χ1) is 12.7. The molecule has 3 nitrogen and oxygen atoms in total. The number of fused-ring (bicyclic) bond motifs is 1. The van der Waals surface area contributed by atoms with Crippen molar-refractivity contribution >= 4 is 21.6 Å². The van der Waals surface area contributed by atoms with Gasteiger partial charge in [-0.25, -0.2) is 4.98 Å². The van der Waals surface area contributed by atoms with Gasteiger partial charge in [0, 0.05) is 28.2 Å². The zero-order chi connectivity index (χ0) is 18.1. The van der Waals surface area contributed by atoms with Gasteiger partial charge in [0.05, 0.1) is 18.5 Å². The van der Waals surface area contributed by atoms with Gasteiger partial charge in [0.15, 0.2) is 0 Å². The van der Waals surface area contributed by atoms with Crippen LogP contribution in [0.2, 0.25) is 0 Å². The quantitative estimate of drug-likeness (QED) is 0.436. The molecule has 0 spiro atoms. The third-order valence-corrected chi connectivity index (χ3v) is 5.01. The first-order valence-electron chi connectivity index (χ1n) is 8.51. The van der Waals surface area contributed by atoms with Gasteiger partial charge < -0.3 is 9.14 Å². The number of aryl methyl sites for hydroxylation is 1. The molecule has 0 aliphatic rings. The van der Waals surface area contributed by atoms with Crippen LogP contribution >= 0.6 is 15.9 Å². The Morgan fingerprint density at radius 2 is 1.88 bits per heavy atom. The fourth-order valence-electron chi connectivity index (χ4n) is 3.26. The summed E-state index contributed by atoms with van der Waals surface area (Å²) in [4.78, 5) is 4.92. The van der Waals surface area contributed by atoms with Crippen LogP contribution in [0.25, 0.3) is 16.9 Å². The molecule has 0 saturated heterocycles. The molecule has 2 aromatic carbocycles. The Hall–Kier alpha value is -2.59. The lowest BCUT2D eigenvalue weighted by Gasteiger charge is -2.10. The zero-order valence-electron chi connectivity index (χ0n) is 14.7. The first-order valence-corrected chi connectivity index (χ1v) is 9.30. The first kappa shape index (κ1) is 16.9. The predicted octanol–water partition coefficient (Wildman–Crippen LogP) is 5.67. The number of hydrogen-bond donors (Lipinski definition) is 0. The molecule has 130 valence electrons. The van der Waals surface area contributed by atoms with Crippen molar-refractivity contribution in [3.8, 4) is 17.0 Å². The van der Waals surface area contributed by atoms with E-state index in [2.05, 4.69) is 63.8 Å². The number of pyridine rings is 1. The normalized spacial score (nSPS) is 11.0. The van der Waals surface area contributed by atoms with Gasteiger partial charge in [0.25, 0.3) is 0 Å². The number of ether oxygens (including phenoxy) is 1. The number of imidazole rings is 1. The SMILES string of the molecule is COc1ccccc1Cc1c(-c2cccc(Br)c2)nc2ccc(C)cn12. The summed E-state index contributed by atoms with van der Waals surface area (Å²) in [7, 11) is 1.71. The standard InChI is InChI=1S/C22H19BrN2O/c1-15-10-11-21-24-22(17-7-5-8-18(23)12-17)19(25(21)14-15)13-16-6-3-4-9-20(16)26-2/h3-12,14H,13H2,1-2H3. The van der Waals surface area contributed by atoms with Gasteiger partial charge in [0.2, 0.25) is 0 Å². The minimum absolute atomic E-state index is 0.747. The summed E-state index contributed by atoms with van der Waals surface area (Å²) in [6.45, 7) is 2.10. The number of aromatic nitrogens is 2. The lowest BCUT2D eigenvalue weighted by Crippen LogP contribution is -1.99. The minimum atomic E-state index is 0.747. The molecular formula is C22H19BrN2O. The molecule has 0 bridgehead atoms. The average Bonchev–Trinajstić information content (AvgIpc) is 3.00. The molecule has 2 heterocycles. The fraction of sp³-hybridized carbons (Fsp3) is 0.136. The van der Waals surface area contributed by atoms with Gasteiger partial charge in [-0.05, 0) is 36.8 Å². The Kier molecular flexibility index (Phi) is 4.51. The number of hydrogen-bond acceptors (Lipinski definition) is 2. The number of nitrogens with zero attached hydrogens (tertiary/aromatic N) is 2. The smallest absolute Gasteiger partial charge is 0.137 e. The summed E-state index contributed by atoms with van der Waals surface area (Å²) in [6.07, 6.45) is 2.89. The van der Waals surface area contributed by atoms with Crippen molar-refractivity contribution in [3.63, 3.8) is 0 Å². The van der Waals surface area contributed by atoms with Crippen LogP contribution in [0.4, 0.5) is 0 Å². The number of benzene rings is 2. The second-order valence-corrected chi connectivity index (χ2v) is 7.26. The number of halogens is 1. The molecule has 0 N–H and O–H groups in total. The Labute approximate surface area is 161 Å². The summed E-state index contributed by atoms with van der Waals surface area (Å²) < 4.78 is 8.80. The molecule has 26 heavy (non-hydrogen) atoms. The highest BCUT2D eigenvalue weighted by atomic mass is 79.9. The Balaban J connectivity index is 1.93. The molecule has 4 aromatic rings. The second kappa shape index (κ2) is 6.96. The van der Waals surface area contributed by atoms with Crippen molar-refractivity contribution < 1.29 is 4.74 Å². The third-order valence-electron chi connectivity index (χ3n) is 4.51. The topological polar surface area (TPSA) is 26.5 Å². The van der Waals surface area contributed by atoms with E-state index in [1.165, 1.54) is 5.56 Å². The van der Waals surface area contributed by atoms with E-state index < -0.39 is 0 Å². The van der Waals surface area contributed by atoms with Crippen molar-refractivity contribution in [2.45, 2.75) is 13.3 Å². The molecule has 2 aromatic heterocycles. The number of para-hydroxylation sites is 1. The largest absolute Gasteiger partial charge is 0.496 e. The molecule has 4 heteroatoms. The maximum absolute atomic E-state index is 5.56. The van der Waals surface area contributed by atoms with Crippen molar-refractivity contribution in [1.82, 2.24) is 9.38 Å². The van der Waals surface area contributed by atoms with Crippen molar-refractivity contribution in [1.29, 1.82) is 0 Å². The molecule has 0 fully saturated rings. The summed E-state index contributed by atoms with van der Waals surface area (Å²) in [5.74, 6) is 0.898. The predicted molar refractivity (Wildman–Crippen MR) is 109 cm³/mol. The van der Waals surface area contributed by atoms with Gasteiger partial charge >= 0.3 is 0 Å². The van der Waals surface area contributed by atoms with Crippen LogP contribution in [0.3, 0.4) is 0 Å². The van der Waals surface area contributed by atoms with E-state index in [0.717, 1.165) is 44.8 Å². The summed E-state index contributed by atoms with van der Waals surface area (Å²) >= 11 is 3.57. The maximum Gasteiger partial charge on any atom is 0.137 e. The molecule has 0 radical (unpaired) electrons. The molecular weight excluding hydrogens is 388 g/mol. The molecule has 0 unspecified atom stereocenters. The summed E-state index contributed by atoms with van der Waals surface area (Å²) in [5, 5.41) is 0. The minimum Gasteiger partial charge on any atom is -0.496 e. The second-order valence-electron chi connectivity index (χ2n) is 6.34. The van der Waals surface area contributed by atoms with Crippen LogP contribution in [0, 0.1) is 6.92 Å². The van der Waals surface area contributed by atoms with Crippen LogP contribution in [0.1, 0.15) is 16.8 Å². The lowest BCUT2D eigenvalue weighted by molar-refractivity contribution is 0.410. The highest BCUT2D eigenvalue weighted by Gasteiger charge is 2.16. The van der Waals surface area contributed by atoms with Gasteiger partial charge in [-0.1, -0.05) is 52.3 Å². The Bertz CT molecular complexity index is 1080. The fourth-order valence-corrected chi connectivity index (χ4v) is 3.66. The van der Waals surface area contributed by atoms with E-state index in [4.69, 9.17) is 9.72 Å². The summed E-state index contributed by atoms with van der Waals surface area (Å²) in [5.41, 5.74) is 6.57. The van der Waals surface area contributed by atoms with Gasteiger partial charge in [-0.15, -0.1) is 0 Å². The molecule has 0 saturated carbocycles. The van der Waals surface area contributed by atoms with Gasteiger partial charge in [0.1, 0.15) is 11.4 Å². The summed E-state index contributed by atoms with van der Waals surface area (Å²) in [6, 6.07) is 20.6. The van der Waals surface area contributed by atoms with Crippen molar-refractivity contribution in [3.05, 3.63) is 88.2 Å². The van der Waals surface area contributed by atoms with Crippen LogP contribution in [-0.2, 0) is 6.42 Å². The van der Waals surface area contributed by atoms with Crippen LogP contribution in [0.15, 0.2) is 71.3 Å². The van der Waals surface area contributed by atoms with Crippen LogP contribution in [0.5, 0.6) is 5.75 Å². The monoisotopic (exact) mass is 406 g/mol. The highest BCUT2D eigenvalue weighted by Crippen LogP contribution is 2.30. The molecule has 4 rings (SSSR count). The Morgan fingerprint density at radius 3 is 2.69 bits per heavy atom. The van der Waals surface area contributed by atoms with Crippen LogP contribution in [-0.4, -0.2) is 16.5 Å². The van der Waals surface area contributed by atoms with E-state index in [-0.39, 0.29) is 0 Å². The number of methoxy groups -OCH3 is 1. The van der Waals surface area contributed by atoms with E-state index in [9.17, 15) is 0 Å². The molecule has 0 amide bonds. The van der Waals surface area contributed by atoms with E-state index >= 15 is 0 Å². The van der Waals surface area contributed by atoms with E-state index in [1.54, 1.807) is 7.11 Å². The van der Waals surface area contributed by atoms with E-state index in [0.29, 0.717) is 0 Å². The highest BCUT2D eigenvalue weighted by molar-refractivity contribution is 9.10. The molecule has 0 atom stereocenters. The third kappa shape index (κ3) is 3.13. The van der Waals surface area contributed by atoms with E-state index in [1.807, 2.05) is 30.3 Å². The molecule has 0 aliphatic carbocycles. The zero-order valence-corrected chi connectivity index (χ0v) is 16.3. The lowest BCUT2D eigenvalue weighted by atomic mass is 10.0. The van der Waals surface area contributed by atoms with Crippen LogP contribution < -0.4 is 4.74 Å². The molecule has 0 aliphatic heterocycles. The average molecular weight is 407 g/mol. The maximum atomic E-state index is 5.56. The van der Waals surface area contributed by atoms with Gasteiger partial charge in [-0.3, -0.25) is 0 Å². The Morgan fingerprint density at radius 1 is 1.04 bits per heavy atom. The van der Waals surface area contributed by atoms with Gasteiger partial charge in [-0.2, -0.15) is 0 Å². The van der Waals surface area contributed by atoms with Crippen molar-refractivity contribution in [2.75, 3.05) is 7.11 Å².